The number of aromatic hydroxyl groups is 1. The number of thiophene rings is 1. The minimum atomic E-state index is -0.0719. The molecule has 0 amide bonds. The number of aryl methyl sites for hydroxylation is 1. The predicted molar refractivity (Wildman–Crippen MR) is 124 cm³/mol. The van der Waals surface area contributed by atoms with Crippen molar-refractivity contribution in [3.63, 3.8) is 0 Å². The van der Waals surface area contributed by atoms with Gasteiger partial charge in [0.2, 0.25) is 0 Å². The molecular formula is C23H23ClN2O2S. The fourth-order valence-electron chi connectivity index (χ4n) is 4.43. The number of pyridine rings is 1. The van der Waals surface area contributed by atoms with Crippen molar-refractivity contribution in [2.75, 3.05) is 13.1 Å². The summed E-state index contributed by atoms with van der Waals surface area (Å²) < 4.78 is 0.698. The van der Waals surface area contributed by atoms with Crippen LogP contribution in [0.2, 0.25) is 0 Å². The predicted octanol–water partition coefficient (Wildman–Crippen LogP) is 5.31. The zero-order chi connectivity index (χ0) is 19.3. The molecule has 6 heteroatoms. The van der Waals surface area contributed by atoms with E-state index in [1.54, 1.807) is 6.07 Å². The standard InChI is InChI=1S/C23H22N2O2S.ClH/c1-13-11-18(26)19(20-17-8-10-28-22(17)23(27)25-21(13)20)15-6-4-14(5-7-15)16-3-2-9-24-12-16;/h4-8,10-11,16,24,26H,2-3,9,12H2,1H3,(H,25,27);1H. The normalized spacial score (nSPS) is 16.8. The number of hydrogen-bond acceptors (Lipinski definition) is 4. The lowest BCUT2D eigenvalue weighted by Gasteiger charge is -2.23. The van der Waals surface area contributed by atoms with Gasteiger partial charge in [0.1, 0.15) is 10.4 Å². The van der Waals surface area contributed by atoms with Crippen molar-refractivity contribution < 1.29 is 5.11 Å². The highest BCUT2D eigenvalue weighted by Gasteiger charge is 2.19. The van der Waals surface area contributed by atoms with Gasteiger partial charge in [0, 0.05) is 22.9 Å². The molecule has 2 aromatic heterocycles. The molecule has 5 rings (SSSR count). The second-order valence-corrected chi connectivity index (χ2v) is 8.54. The van der Waals surface area contributed by atoms with E-state index in [4.69, 9.17) is 0 Å². The van der Waals surface area contributed by atoms with Gasteiger partial charge in [-0.15, -0.1) is 23.7 Å². The summed E-state index contributed by atoms with van der Waals surface area (Å²) in [5, 5.41) is 18.0. The molecule has 4 aromatic rings. The highest BCUT2D eigenvalue weighted by atomic mass is 35.5. The molecule has 0 spiro atoms. The maximum absolute atomic E-state index is 12.4. The summed E-state index contributed by atoms with van der Waals surface area (Å²) in [6, 6.07) is 12.3. The van der Waals surface area contributed by atoms with E-state index in [0.29, 0.717) is 10.6 Å². The first-order valence-electron chi connectivity index (χ1n) is 9.70. The zero-order valence-electron chi connectivity index (χ0n) is 16.1. The van der Waals surface area contributed by atoms with E-state index in [1.165, 1.54) is 29.7 Å². The van der Waals surface area contributed by atoms with Gasteiger partial charge in [0.15, 0.2) is 0 Å². The highest BCUT2D eigenvalue weighted by molar-refractivity contribution is 7.17. The van der Waals surface area contributed by atoms with Crippen molar-refractivity contribution in [2.45, 2.75) is 25.7 Å². The van der Waals surface area contributed by atoms with Gasteiger partial charge in [-0.2, -0.15) is 0 Å². The number of nitrogens with one attached hydrogen (secondary N) is 2. The molecule has 0 bridgehead atoms. The number of hydrogen-bond donors (Lipinski definition) is 3. The molecule has 3 N–H and O–H groups in total. The van der Waals surface area contributed by atoms with Crippen LogP contribution < -0.4 is 10.9 Å². The molecule has 2 aromatic carbocycles. The fourth-order valence-corrected chi connectivity index (χ4v) is 5.23. The number of benzene rings is 2. The van der Waals surface area contributed by atoms with Crippen LogP contribution in [-0.4, -0.2) is 23.2 Å². The lowest BCUT2D eigenvalue weighted by atomic mass is 9.89. The Morgan fingerprint density at radius 1 is 1.17 bits per heavy atom. The number of halogens is 1. The van der Waals surface area contributed by atoms with Crippen LogP contribution in [0, 0.1) is 6.92 Å². The second-order valence-electron chi connectivity index (χ2n) is 7.62. The Balaban J connectivity index is 0.00000205. The Labute approximate surface area is 179 Å². The maximum Gasteiger partial charge on any atom is 0.266 e. The summed E-state index contributed by atoms with van der Waals surface area (Å²) in [5.41, 5.74) is 4.68. The molecule has 0 saturated carbocycles. The molecule has 1 saturated heterocycles. The zero-order valence-corrected chi connectivity index (χ0v) is 17.8. The van der Waals surface area contributed by atoms with E-state index in [1.807, 2.05) is 18.4 Å². The number of piperidine rings is 1. The second kappa shape index (κ2) is 7.82. The van der Waals surface area contributed by atoms with Gasteiger partial charge in [-0.3, -0.25) is 4.79 Å². The Hall–Kier alpha value is -2.34. The van der Waals surface area contributed by atoms with E-state index in [2.05, 4.69) is 34.6 Å². The first-order chi connectivity index (χ1) is 13.6. The largest absolute Gasteiger partial charge is 0.507 e. The van der Waals surface area contributed by atoms with Crippen molar-refractivity contribution in [1.82, 2.24) is 10.3 Å². The third kappa shape index (κ3) is 3.33. The third-order valence-corrected chi connectivity index (χ3v) is 6.76. The minimum Gasteiger partial charge on any atom is -0.507 e. The summed E-state index contributed by atoms with van der Waals surface area (Å²) >= 11 is 1.43. The summed E-state index contributed by atoms with van der Waals surface area (Å²) in [7, 11) is 0. The molecule has 0 radical (unpaired) electrons. The van der Waals surface area contributed by atoms with Crippen LogP contribution in [-0.2, 0) is 0 Å². The Morgan fingerprint density at radius 3 is 2.69 bits per heavy atom. The topological polar surface area (TPSA) is 65.1 Å². The van der Waals surface area contributed by atoms with Gasteiger partial charge >= 0.3 is 0 Å². The number of phenolic OH excluding ortho intramolecular Hbond substituents is 1. The quantitative estimate of drug-likeness (QED) is 0.406. The Bertz CT molecular complexity index is 1240. The van der Waals surface area contributed by atoms with Crippen LogP contribution in [0.15, 0.2) is 46.6 Å². The van der Waals surface area contributed by atoms with Gasteiger partial charge in [-0.25, -0.2) is 0 Å². The van der Waals surface area contributed by atoms with Crippen molar-refractivity contribution in [2.24, 2.45) is 0 Å². The van der Waals surface area contributed by atoms with E-state index in [0.717, 1.165) is 46.1 Å². The van der Waals surface area contributed by atoms with E-state index in [-0.39, 0.29) is 23.7 Å². The molecule has 1 atom stereocenters. The summed E-state index contributed by atoms with van der Waals surface area (Å²) in [5.74, 6) is 0.794. The smallest absolute Gasteiger partial charge is 0.266 e. The monoisotopic (exact) mass is 426 g/mol. The van der Waals surface area contributed by atoms with E-state index < -0.39 is 0 Å². The van der Waals surface area contributed by atoms with Crippen LogP contribution in [0.1, 0.15) is 29.9 Å². The molecule has 1 unspecified atom stereocenters. The SMILES string of the molecule is Cc1cc(O)c(-c2ccc(C3CCCNC3)cc2)c2c1[nH]c(=O)c1sccc12.Cl. The van der Waals surface area contributed by atoms with Gasteiger partial charge in [-0.1, -0.05) is 24.3 Å². The number of rotatable bonds is 2. The summed E-state index contributed by atoms with van der Waals surface area (Å²) in [4.78, 5) is 15.5. The van der Waals surface area contributed by atoms with Crippen molar-refractivity contribution in [3.05, 3.63) is 63.3 Å². The molecular weight excluding hydrogens is 404 g/mol. The number of aromatic amines is 1. The number of phenols is 1. The van der Waals surface area contributed by atoms with Crippen LogP contribution in [0.5, 0.6) is 5.75 Å². The Morgan fingerprint density at radius 2 is 1.97 bits per heavy atom. The molecule has 1 aliphatic rings. The average Bonchev–Trinajstić information content (AvgIpc) is 3.21. The first-order valence-corrected chi connectivity index (χ1v) is 10.6. The van der Waals surface area contributed by atoms with Crippen LogP contribution >= 0.6 is 23.7 Å². The highest BCUT2D eigenvalue weighted by Crippen LogP contribution is 2.41. The molecule has 1 aliphatic heterocycles. The van der Waals surface area contributed by atoms with E-state index >= 15 is 0 Å². The summed E-state index contributed by atoms with van der Waals surface area (Å²) in [6.07, 6.45) is 2.42. The lowest BCUT2D eigenvalue weighted by molar-refractivity contribution is 0.461. The van der Waals surface area contributed by atoms with Crippen LogP contribution in [0.25, 0.3) is 32.1 Å². The van der Waals surface area contributed by atoms with Gasteiger partial charge < -0.3 is 15.4 Å². The number of H-pyrrole nitrogens is 1. The third-order valence-electron chi connectivity index (χ3n) is 5.85. The summed E-state index contributed by atoms with van der Waals surface area (Å²) in [6.45, 7) is 4.04. The van der Waals surface area contributed by atoms with Gasteiger partial charge in [0.25, 0.3) is 5.56 Å². The molecule has 150 valence electrons. The molecule has 4 nitrogen and oxygen atoms in total. The van der Waals surface area contributed by atoms with Crippen molar-refractivity contribution in [3.8, 4) is 16.9 Å². The molecule has 1 fully saturated rings. The molecule has 0 aliphatic carbocycles. The van der Waals surface area contributed by atoms with E-state index in [9.17, 15) is 9.90 Å². The average molecular weight is 427 g/mol. The maximum atomic E-state index is 12.4. The first kappa shape index (κ1) is 20.0. The number of fused-ring (bicyclic) bond motifs is 3. The van der Waals surface area contributed by atoms with Gasteiger partial charge in [0.05, 0.1) is 5.52 Å². The molecule has 29 heavy (non-hydrogen) atoms. The number of aromatic nitrogens is 1. The minimum absolute atomic E-state index is 0. The van der Waals surface area contributed by atoms with Crippen LogP contribution in [0.4, 0.5) is 0 Å². The van der Waals surface area contributed by atoms with Crippen molar-refractivity contribution in [1.29, 1.82) is 0 Å². The molecule has 3 heterocycles. The van der Waals surface area contributed by atoms with Crippen LogP contribution in [0.3, 0.4) is 0 Å². The van der Waals surface area contributed by atoms with Gasteiger partial charge in [-0.05, 0) is 66.4 Å². The Kier molecular flexibility index (Phi) is 5.38. The van der Waals surface area contributed by atoms with Crippen molar-refractivity contribution >= 4 is 44.7 Å². The lowest BCUT2D eigenvalue weighted by Crippen LogP contribution is -2.28. The fraction of sp³-hybridized carbons (Fsp3) is 0.261.